The molecule has 1 aromatic heterocycles. The van der Waals surface area contributed by atoms with Crippen molar-refractivity contribution in [2.45, 2.75) is 39.5 Å². The Morgan fingerprint density at radius 1 is 1.20 bits per heavy atom. The number of rotatable bonds is 3. The number of nitrogens with zero attached hydrogens (tertiary/aromatic N) is 1. The van der Waals surface area contributed by atoms with Crippen molar-refractivity contribution in [3.8, 4) is 16.2 Å². The molecule has 1 N–H and O–H groups in total. The lowest BCUT2D eigenvalue weighted by Gasteiger charge is -2.08. The molecule has 0 saturated carbocycles. The van der Waals surface area contributed by atoms with Crippen LogP contribution < -0.4 is 10.1 Å². The molecule has 4 nitrogen and oxygen atoms in total. The standard InChI is InChI=1S/C20H16F2N2O2S.C3H8.H2/c1-26-12-9-8-11-4-2-7-16-18(13(11)10-12)27-20(23-16)19(25)24-17-14(21)5-3-6-15(17)22;1-3-2;/h3,5-6,8-10H,2,4,7H2,1H3,(H,24,25);3H2,1-2H3;1H. The van der Waals surface area contributed by atoms with Gasteiger partial charge >= 0.3 is 0 Å². The van der Waals surface area contributed by atoms with Gasteiger partial charge in [0.2, 0.25) is 0 Å². The number of anilines is 1. The van der Waals surface area contributed by atoms with E-state index in [2.05, 4.69) is 24.1 Å². The third kappa shape index (κ3) is 4.67. The third-order valence-electron chi connectivity index (χ3n) is 4.51. The molecule has 4 rings (SSSR count). The van der Waals surface area contributed by atoms with Crippen LogP contribution in [0.4, 0.5) is 14.5 Å². The first-order chi connectivity index (χ1) is 14.5. The minimum absolute atomic E-state index is 0. The molecule has 7 heteroatoms. The summed E-state index contributed by atoms with van der Waals surface area (Å²) in [5, 5.41) is 2.48. The van der Waals surface area contributed by atoms with Gasteiger partial charge in [-0.05, 0) is 49.1 Å². The van der Waals surface area contributed by atoms with Gasteiger partial charge in [0.15, 0.2) is 5.01 Å². The molecule has 30 heavy (non-hydrogen) atoms. The number of halogens is 2. The molecule has 0 aliphatic heterocycles. The molecule has 0 atom stereocenters. The highest BCUT2D eigenvalue weighted by Crippen LogP contribution is 2.39. The Morgan fingerprint density at radius 3 is 2.57 bits per heavy atom. The topological polar surface area (TPSA) is 51.2 Å². The number of fused-ring (bicyclic) bond motifs is 3. The van der Waals surface area contributed by atoms with E-state index >= 15 is 0 Å². The largest absolute Gasteiger partial charge is 0.497 e. The number of aromatic nitrogens is 1. The van der Waals surface area contributed by atoms with E-state index in [1.807, 2.05) is 18.2 Å². The Labute approximate surface area is 180 Å². The number of ether oxygens (including phenoxy) is 1. The first kappa shape index (κ1) is 21.9. The van der Waals surface area contributed by atoms with Gasteiger partial charge in [-0.3, -0.25) is 4.79 Å². The van der Waals surface area contributed by atoms with Gasteiger partial charge in [0.05, 0.1) is 17.7 Å². The van der Waals surface area contributed by atoms with E-state index in [4.69, 9.17) is 4.74 Å². The highest BCUT2D eigenvalue weighted by atomic mass is 32.1. The number of aryl methyl sites for hydroxylation is 2. The van der Waals surface area contributed by atoms with Crippen LogP contribution in [0, 0.1) is 11.6 Å². The minimum atomic E-state index is -0.823. The fourth-order valence-electron chi connectivity index (χ4n) is 3.17. The average Bonchev–Trinajstić information content (AvgIpc) is 3.08. The predicted molar refractivity (Wildman–Crippen MR) is 119 cm³/mol. The van der Waals surface area contributed by atoms with Crippen LogP contribution in [0.1, 0.15) is 49.2 Å². The molecule has 0 bridgehead atoms. The number of methoxy groups -OCH3 is 1. The minimum Gasteiger partial charge on any atom is -0.497 e. The number of nitrogens with one attached hydrogen (secondary N) is 1. The first-order valence-electron chi connectivity index (χ1n) is 9.90. The van der Waals surface area contributed by atoms with Crippen molar-refractivity contribution in [1.29, 1.82) is 0 Å². The number of benzene rings is 2. The van der Waals surface area contributed by atoms with E-state index in [1.54, 1.807) is 7.11 Å². The van der Waals surface area contributed by atoms with Crippen molar-refractivity contribution in [2.24, 2.45) is 0 Å². The van der Waals surface area contributed by atoms with Crippen molar-refractivity contribution in [1.82, 2.24) is 4.98 Å². The summed E-state index contributed by atoms with van der Waals surface area (Å²) in [5.74, 6) is -1.54. The van der Waals surface area contributed by atoms with E-state index in [0.717, 1.165) is 53.3 Å². The maximum absolute atomic E-state index is 13.8. The quantitative estimate of drug-likeness (QED) is 0.514. The Morgan fingerprint density at radius 2 is 1.90 bits per heavy atom. The lowest BCUT2D eigenvalue weighted by molar-refractivity contribution is 0.102. The van der Waals surface area contributed by atoms with E-state index in [-0.39, 0.29) is 6.43 Å². The van der Waals surface area contributed by atoms with Crippen LogP contribution in [-0.4, -0.2) is 18.0 Å². The summed E-state index contributed by atoms with van der Waals surface area (Å²) in [6, 6.07) is 9.32. The number of hydrogen-bond donors (Lipinski definition) is 1. The molecule has 0 spiro atoms. The van der Waals surface area contributed by atoms with Gasteiger partial charge in [-0.2, -0.15) is 0 Å². The number of carbonyl (C=O) groups excluding carboxylic acids is 1. The summed E-state index contributed by atoms with van der Waals surface area (Å²) >= 11 is 1.23. The molecule has 2 aromatic carbocycles. The number of para-hydroxylation sites is 1. The number of thiazole rings is 1. The molecule has 1 amide bonds. The second-order valence-electron chi connectivity index (χ2n) is 6.93. The van der Waals surface area contributed by atoms with E-state index < -0.39 is 23.2 Å². The summed E-state index contributed by atoms with van der Waals surface area (Å²) in [6.45, 7) is 4.25. The smallest absolute Gasteiger partial charge is 0.284 e. The van der Waals surface area contributed by atoms with Crippen LogP contribution >= 0.6 is 11.3 Å². The fraction of sp³-hybridized carbons (Fsp3) is 0.304. The summed E-state index contributed by atoms with van der Waals surface area (Å²) < 4.78 is 32.9. The van der Waals surface area contributed by atoms with Crippen LogP contribution in [0.2, 0.25) is 0 Å². The summed E-state index contributed by atoms with van der Waals surface area (Å²) in [5.41, 5.74) is 2.53. The predicted octanol–water partition coefficient (Wildman–Crippen LogP) is 6.50. The van der Waals surface area contributed by atoms with Crippen LogP contribution in [-0.2, 0) is 12.8 Å². The SMILES string of the molecule is CCC.COc1ccc2c(c1)-c1sc(C(=O)Nc3c(F)cccc3F)nc1CCC2.[HH]. The van der Waals surface area contributed by atoms with Gasteiger partial charge in [-0.15, -0.1) is 11.3 Å². The van der Waals surface area contributed by atoms with Crippen LogP contribution in [0.25, 0.3) is 10.4 Å². The van der Waals surface area contributed by atoms with E-state index in [1.165, 1.54) is 29.4 Å². The molecule has 1 aliphatic carbocycles. The highest BCUT2D eigenvalue weighted by Gasteiger charge is 2.23. The monoisotopic (exact) mass is 432 g/mol. The third-order valence-corrected chi connectivity index (χ3v) is 5.64. The summed E-state index contributed by atoms with van der Waals surface area (Å²) in [4.78, 5) is 17.9. The van der Waals surface area contributed by atoms with Crippen LogP contribution in [0.15, 0.2) is 36.4 Å². The van der Waals surface area contributed by atoms with Crippen molar-refractivity contribution in [3.63, 3.8) is 0 Å². The van der Waals surface area contributed by atoms with Crippen molar-refractivity contribution < 1.29 is 19.7 Å². The van der Waals surface area contributed by atoms with E-state index in [0.29, 0.717) is 0 Å². The second-order valence-corrected chi connectivity index (χ2v) is 7.93. The molecule has 3 aromatic rings. The fourth-order valence-corrected chi connectivity index (χ4v) is 4.23. The van der Waals surface area contributed by atoms with Gasteiger partial charge in [0, 0.05) is 6.99 Å². The Balaban J connectivity index is 0.000000808. The highest BCUT2D eigenvalue weighted by molar-refractivity contribution is 7.17. The van der Waals surface area contributed by atoms with Crippen LogP contribution in [0.3, 0.4) is 0 Å². The second kappa shape index (κ2) is 9.80. The van der Waals surface area contributed by atoms with Crippen molar-refractivity contribution in [2.75, 3.05) is 12.4 Å². The zero-order valence-electron chi connectivity index (χ0n) is 17.2. The molecule has 1 aliphatic rings. The molecule has 160 valence electrons. The van der Waals surface area contributed by atoms with E-state index in [9.17, 15) is 13.6 Å². The molecular weight excluding hydrogens is 406 g/mol. The summed E-state index contributed by atoms with van der Waals surface area (Å²) in [7, 11) is 1.60. The van der Waals surface area contributed by atoms with Gasteiger partial charge < -0.3 is 10.1 Å². The maximum Gasteiger partial charge on any atom is 0.284 e. The lowest BCUT2D eigenvalue weighted by atomic mass is 10.0. The Kier molecular flexibility index (Phi) is 7.15. The van der Waals surface area contributed by atoms with Gasteiger partial charge in [-0.1, -0.05) is 32.4 Å². The molecular formula is C23H26F2N2O2S. The zero-order chi connectivity index (χ0) is 21.7. The molecule has 1 heterocycles. The van der Waals surface area contributed by atoms with Crippen LogP contribution in [0.5, 0.6) is 5.75 Å². The summed E-state index contributed by atoms with van der Waals surface area (Å²) in [6.07, 6.45) is 3.83. The lowest BCUT2D eigenvalue weighted by Crippen LogP contribution is -2.14. The average molecular weight is 433 g/mol. The van der Waals surface area contributed by atoms with Crippen molar-refractivity contribution in [3.05, 3.63) is 64.3 Å². The molecule has 0 saturated heterocycles. The molecule has 0 fully saturated rings. The van der Waals surface area contributed by atoms with Gasteiger partial charge in [0.25, 0.3) is 5.91 Å². The number of hydrogen-bond acceptors (Lipinski definition) is 4. The molecule has 0 unspecified atom stereocenters. The van der Waals surface area contributed by atoms with Gasteiger partial charge in [0.1, 0.15) is 23.1 Å². The zero-order valence-corrected chi connectivity index (χ0v) is 18.0. The molecule has 0 radical (unpaired) electrons. The number of carbonyl (C=O) groups is 1. The Hall–Kier alpha value is -2.80. The first-order valence-corrected chi connectivity index (χ1v) is 10.7. The maximum atomic E-state index is 13.8. The van der Waals surface area contributed by atoms with Crippen molar-refractivity contribution >= 4 is 22.9 Å². The Bertz CT molecular complexity index is 1040. The van der Waals surface area contributed by atoms with Gasteiger partial charge in [-0.25, -0.2) is 13.8 Å². The number of amides is 1. The normalized spacial score (nSPS) is 12.0.